The summed E-state index contributed by atoms with van der Waals surface area (Å²) in [5, 5.41) is 8.15. The Morgan fingerprint density at radius 1 is 0.595 bits per heavy atom. The fourth-order valence-electron chi connectivity index (χ4n) is 4.69. The van der Waals surface area contributed by atoms with Crippen molar-refractivity contribution in [3.05, 3.63) is 106 Å². The van der Waals surface area contributed by atoms with E-state index in [1.165, 1.54) is 0 Å². The van der Waals surface area contributed by atoms with Crippen LogP contribution in [0.2, 0.25) is 0 Å². The largest absolute Gasteiger partial charge is 0.379 e. The molecule has 0 aliphatic carbocycles. The van der Waals surface area contributed by atoms with Gasteiger partial charge in [0.15, 0.2) is 0 Å². The third-order valence-corrected chi connectivity index (χ3v) is 7.15. The van der Waals surface area contributed by atoms with E-state index in [1.807, 2.05) is 72.8 Å². The van der Waals surface area contributed by atoms with Gasteiger partial charge in [-0.1, -0.05) is 48.5 Å². The van der Waals surface area contributed by atoms with Crippen molar-refractivity contribution in [3.63, 3.8) is 0 Å². The normalized spacial score (nSPS) is 16.6. The summed E-state index contributed by atoms with van der Waals surface area (Å²) in [6.45, 7) is 8.44. The molecule has 218 valence electrons. The van der Waals surface area contributed by atoms with Crippen LogP contribution in [0.25, 0.3) is 0 Å². The first kappa shape index (κ1) is 29.3. The molecule has 2 aliphatic rings. The monoisotopic (exact) mass is 568 g/mol. The van der Waals surface area contributed by atoms with Crippen molar-refractivity contribution in [1.82, 2.24) is 20.7 Å². The first-order valence-electron chi connectivity index (χ1n) is 14.2. The Kier molecular flexibility index (Phi) is 10.5. The molecular formula is C32H36N6O4. The van der Waals surface area contributed by atoms with Crippen LogP contribution in [0.3, 0.4) is 0 Å². The first-order valence-corrected chi connectivity index (χ1v) is 14.2. The number of amides is 2. The summed E-state index contributed by atoms with van der Waals surface area (Å²) in [6, 6.07) is 22.6. The van der Waals surface area contributed by atoms with Gasteiger partial charge in [-0.05, 0) is 46.5 Å². The highest BCUT2D eigenvalue weighted by Crippen LogP contribution is 2.11. The fraction of sp³-hybridized carbons (Fsp3) is 0.312. The zero-order valence-corrected chi connectivity index (χ0v) is 23.6. The highest BCUT2D eigenvalue weighted by Gasteiger charge is 2.12. The number of hydrogen-bond donors (Lipinski definition) is 2. The van der Waals surface area contributed by atoms with Crippen molar-refractivity contribution < 1.29 is 19.1 Å². The second kappa shape index (κ2) is 15.1. The van der Waals surface area contributed by atoms with E-state index in [0.29, 0.717) is 11.1 Å². The Morgan fingerprint density at radius 2 is 0.952 bits per heavy atom. The van der Waals surface area contributed by atoms with Crippen molar-refractivity contribution >= 4 is 24.2 Å². The summed E-state index contributed by atoms with van der Waals surface area (Å²) in [5.41, 5.74) is 10.2. The molecule has 2 aliphatic heterocycles. The SMILES string of the molecule is O=C(N/N=C\c1ccc(/C=N\NC(=O)c2ccc(CN3CCOCC3)cc2)cc1)c1ccc(CN2CCOCC2)cc1. The molecule has 10 heteroatoms. The molecular weight excluding hydrogens is 532 g/mol. The standard InChI is InChI=1S/C32H36N6O4/c39-31(29-9-5-27(6-10-29)23-37-13-17-41-18-14-37)35-33-21-25-1-2-26(4-3-25)22-34-36-32(40)30-11-7-28(8-12-30)24-38-15-19-42-20-16-38/h1-12,21-22H,13-20,23-24H2,(H,35,39)(H,36,40)/b33-21-,34-22-. The van der Waals surface area contributed by atoms with E-state index in [1.54, 1.807) is 12.4 Å². The molecule has 10 nitrogen and oxygen atoms in total. The lowest BCUT2D eigenvalue weighted by Crippen LogP contribution is -2.35. The van der Waals surface area contributed by atoms with Gasteiger partial charge in [0.25, 0.3) is 11.8 Å². The molecule has 3 aromatic rings. The van der Waals surface area contributed by atoms with E-state index < -0.39 is 0 Å². The Labute approximate surface area is 246 Å². The molecule has 2 heterocycles. The van der Waals surface area contributed by atoms with Crippen LogP contribution in [-0.4, -0.2) is 86.6 Å². The number of rotatable bonds is 10. The van der Waals surface area contributed by atoms with E-state index in [2.05, 4.69) is 30.9 Å². The molecule has 2 amide bonds. The van der Waals surface area contributed by atoms with E-state index in [0.717, 1.165) is 87.9 Å². The van der Waals surface area contributed by atoms with Crippen LogP contribution < -0.4 is 10.9 Å². The molecule has 3 aromatic carbocycles. The van der Waals surface area contributed by atoms with Crippen LogP contribution in [0.4, 0.5) is 0 Å². The summed E-state index contributed by atoms with van der Waals surface area (Å²) in [6.07, 6.45) is 3.16. The number of nitrogens with one attached hydrogen (secondary N) is 2. The molecule has 2 saturated heterocycles. The number of ether oxygens (including phenoxy) is 2. The average molecular weight is 569 g/mol. The second-order valence-corrected chi connectivity index (χ2v) is 10.2. The number of morpholine rings is 2. The number of benzene rings is 3. The van der Waals surface area contributed by atoms with Crippen molar-refractivity contribution in [2.45, 2.75) is 13.1 Å². The fourth-order valence-corrected chi connectivity index (χ4v) is 4.69. The Bertz CT molecular complexity index is 1260. The van der Waals surface area contributed by atoms with Gasteiger partial charge in [-0.25, -0.2) is 10.9 Å². The maximum Gasteiger partial charge on any atom is 0.271 e. The van der Waals surface area contributed by atoms with E-state index in [9.17, 15) is 9.59 Å². The van der Waals surface area contributed by atoms with Gasteiger partial charge in [-0.2, -0.15) is 10.2 Å². The minimum Gasteiger partial charge on any atom is -0.379 e. The van der Waals surface area contributed by atoms with Gasteiger partial charge in [-0.3, -0.25) is 19.4 Å². The van der Waals surface area contributed by atoms with Gasteiger partial charge >= 0.3 is 0 Å². The summed E-state index contributed by atoms with van der Waals surface area (Å²) in [4.78, 5) is 29.6. The number of hydrogen-bond acceptors (Lipinski definition) is 8. The van der Waals surface area contributed by atoms with Crippen molar-refractivity contribution in [1.29, 1.82) is 0 Å². The van der Waals surface area contributed by atoms with Gasteiger partial charge in [0.05, 0.1) is 38.9 Å². The third kappa shape index (κ3) is 8.89. The average Bonchev–Trinajstić information content (AvgIpc) is 3.03. The molecule has 2 fully saturated rings. The quantitative estimate of drug-likeness (QED) is 0.288. The Morgan fingerprint density at radius 3 is 1.31 bits per heavy atom. The molecule has 5 rings (SSSR count). The maximum atomic E-state index is 12.5. The lowest BCUT2D eigenvalue weighted by Gasteiger charge is -2.26. The van der Waals surface area contributed by atoms with Gasteiger partial charge in [0.1, 0.15) is 0 Å². The third-order valence-electron chi connectivity index (χ3n) is 7.15. The molecule has 0 bridgehead atoms. The molecule has 0 radical (unpaired) electrons. The Balaban J connectivity index is 1.04. The Hall–Kier alpha value is -4.22. The number of carbonyl (C=O) groups is 2. The van der Waals surface area contributed by atoms with Crippen LogP contribution >= 0.6 is 0 Å². The zero-order valence-electron chi connectivity index (χ0n) is 23.6. The highest BCUT2D eigenvalue weighted by molar-refractivity contribution is 5.95. The summed E-state index contributed by atoms with van der Waals surface area (Å²) in [7, 11) is 0. The lowest BCUT2D eigenvalue weighted by molar-refractivity contribution is 0.0341. The smallest absolute Gasteiger partial charge is 0.271 e. The summed E-state index contributed by atoms with van der Waals surface area (Å²) in [5.74, 6) is -0.536. The maximum absolute atomic E-state index is 12.5. The molecule has 42 heavy (non-hydrogen) atoms. The van der Waals surface area contributed by atoms with Gasteiger partial charge in [0, 0.05) is 50.4 Å². The number of hydrazone groups is 2. The lowest BCUT2D eigenvalue weighted by atomic mass is 10.1. The van der Waals surface area contributed by atoms with E-state index in [4.69, 9.17) is 9.47 Å². The van der Waals surface area contributed by atoms with Crippen LogP contribution in [0.15, 0.2) is 83.0 Å². The van der Waals surface area contributed by atoms with Crippen LogP contribution in [0.1, 0.15) is 43.0 Å². The summed E-state index contributed by atoms with van der Waals surface area (Å²) < 4.78 is 10.8. The van der Waals surface area contributed by atoms with Crippen LogP contribution in [0, 0.1) is 0 Å². The highest BCUT2D eigenvalue weighted by atomic mass is 16.5. The summed E-state index contributed by atoms with van der Waals surface area (Å²) >= 11 is 0. The van der Waals surface area contributed by atoms with Crippen molar-refractivity contribution in [2.75, 3.05) is 52.6 Å². The molecule has 0 unspecified atom stereocenters. The first-order chi connectivity index (χ1) is 20.6. The molecule has 2 N–H and O–H groups in total. The number of carbonyl (C=O) groups excluding carboxylic acids is 2. The zero-order chi connectivity index (χ0) is 29.0. The molecule has 0 spiro atoms. The van der Waals surface area contributed by atoms with Crippen LogP contribution in [0.5, 0.6) is 0 Å². The van der Waals surface area contributed by atoms with E-state index in [-0.39, 0.29) is 11.8 Å². The minimum absolute atomic E-state index is 0.268. The van der Waals surface area contributed by atoms with Gasteiger partial charge in [-0.15, -0.1) is 0 Å². The van der Waals surface area contributed by atoms with E-state index >= 15 is 0 Å². The number of nitrogens with zero attached hydrogens (tertiary/aromatic N) is 4. The van der Waals surface area contributed by atoms with Crippen molar-refractivity contribution in [2.24, 2.45) is 10.2 Å². The topological polar surface area (TPSA) is 108 Å². The molecule has 0 aromatic heterocycles. The second-order valence-electron chi connectivity index (χ2n) is 10.2. The predicted octanol–water partition coefficient (Wildman–Crippen LogP) is 2.88. The predicted molar refractivity (Wildman–Crippen MR) is 162 cm³/mol. The molecule has 0 atom stereocenters. The van der Waals surface area contributed by atoms with Gasteiger partial charge < -0.3 is 9.47 Å². The minimum atomic E-state index is -0.268. The molecule has 0 saturated carbocycles. The van der Waals surface area contributed by atoms with Crippen LogP contribution in [-0.2, 0) is 22.6 Å². The van der Waals surface area contributed by atoms with Gasteiger partial charge in [0.2, 0.25) is 0 Å². The van der Waals surface area contributed by atoms with Crippen molar-refractivity contribution in [3.8, 4) is 0 Å².